The van der Waals surface area contributed by atoms with Gasteiger partial charge in [-0.3, -0.25) is 9.59 Å². The van der Waals surface area contributed by atoms with Crippen molar-refractivity contribution in [2.75, 3.05) is 20.1 Å². The van der Waals surface area contributed by atoms with Crippen molar-refractivity contribution in [3.8, 4) is 0 Å². The number of nitrogens with zero attached hydrogens (tertiary/aromatic N) is 1. The Morgan fingerprint density at radius 2 is 2.00 bits per heavy atom. The van der Waals surface area contributed by atoms with E-state index in [1.807, 2.05) is 14.0 Å². The van der Waals surface area contributed by atoms with E-state index in [1.165, 1.54) is 0 Å². The van der Waals surface area contributed by atoms with E-state index in [-0.39, 0.29) is 29.6 Å². The highest BCUT2D eigenvalue weighted by atomic mass is 35.5. The van der Waals surface area contributed by atoms with Crippen LogP contribution in [0.25, 0.3) is 10.8 Å². The SMILES string of the molecule is CNC[C@@H](C)n1ccc2c(C(=O)NCC3(O)CCC(C)CC3)c(Cl)ccc2c1=O. The molecule has 1 saturated carbocycles. The molecule has 0 saturated heterocycles. The summed E-state index contributed by atoms with van der Waals surface area (Å²) in [6, 6.07) is 4.99. The van der Waals surface area contributed by atoms with Crippen LogP contribution in [0.1, 0.15) is 55.9 Å². The summed E-state index contributed by atoms with van der Waals surface area (Å²) >= 11 is 6.34. The van der Waals surface area contributed by atoms with Gasteiger partial charge in [0.25, 0.3) is 11.5 Å². The molecule has 6 nitrogen and oxygen atoms in total. The van der Waals surface area contributed by atoms with Crippen LogP contribution in [-0.2, 0) is 0 Å². The van der Waals surface area contributed by atoms with Crippen LogP contribution in [0.4, 0.5) is 0 Å². The second-order valence-electron chi connectivity index (χ2n) is 8.41. The van der Waals surface area contributed by atoms with Crippen LogP contribution in [0.3, 0.4) is 0 Å². The summed E-state index contributed by atoms with van der Waals surface area (Å²) in [7, 11) is 1.84. The predicted molar refractivity (Wildman–Crippen MR) is 117 cm³/mol. The molecule has 1 aromatic heterocycles. The van der Waals surface area contributed by atoms with E-state index in [0.29, 0.717) is 41.1 Å². The molecule has 3 rings (SSSR count). The zero-order valence-electron chi connectivity index (χ0n) is 17.3. The molecule has 2 aromatic rings. The highest BCUT2D eigenvalue weighted by Gasteiger charge is 2.32. The summed E-state index contributed by atoms with van der Waals surface area (Å²) in [5.41, 5.74) is -0.757. The average Bonchev–Trinajstić information content (AvgIpc) is 2.69. The highest BCUT2D eigenvalue weighted by Crippen LogP contribution is 2.31. The summed E-state index contributed by atoms with van der Waals surface area (Å²) in [5.74, 6) is 0.235. The number of rotatable bonds is 6. The maximum Gasteiger partial charge on any atom is 0.258 e. The molecule has 0 aliphatic heterocycles. The van der Waals surface area contributed by atoms with Gasteiger partial charge < -0.3 is 20.3 Å². The molecule has 0 spiro atoms. The number of nitrogens with one attached hydrogen (secondary N) is 2. The molecule has 7 heteroatoms. The standard InChI is InChI=1S/C22H30ClN3O3/c1-14-6-9-22(29,10-7-14)13-25-20(27)19-16-8-11-26(15(2)12-24-3)21(28)17(16)4-5-18(19)23/h4-5,8,11,14-15,24,29H,6-7,9-10,12-13H2,1-3H3,(H,25,27)/t14?,15-,22?/m1/s1. The Morgan fingerprint density at radius 3 is 2.66 bits per heavy atom. The number of carbonyl (C=O) groups is 1. The molecule has 0 unspecified atom stereocenters. The Bertz CT molecular complexity index is 948. The van der Waals surface area contributed by atoms with E-state index in [4.69, 9.17) is 11.6 Å². The second kappa shape index (κ2) is 8.86. The molecular weight excluding hydrogens is 390 g/mol. The molecule has 158 valence electrons. The number of carbonyl (C=O) groups excluding carboxylic acids is 1. The van der Waals surface area contributed by atoms with Gasteiger partial charge in [-0.25, -0.2) is 0 Å². The molecule has 1 atom stereocenters. The number of benzene rings is 1. The van der Waals surface area contributed by atoms with Crippen LogP contribution < -0.4 is 16.2 Å². The lowest BCUT2D eigenvalue weighted by Crippen LogP contribution is -2.45. The first kappa shape index (κ1) is 21.8. The average molecular weight is 420 g/mol. The zero-order valence-corrected chi connectivity index (χ0v) is 18.1. The van der Waals surface area contributed by atoms with Gasteiger partial charge in [0.15, 0.2) is 0 Å². The third-order valence-electron chi connectivity index (χ3n) is 6.05. The Kier molecular flexibility index (Phi) is 6.66. The Hall–Kier alpha value is -1.89. The second-order valence-corrected chi connectivity index (χ2v) is 8.82. The summed E-state index contributed by atoms with van der Waals surface area (Å²) in [6.45, 7) is 4.97. The summed E-state index contributed by atoms with van der Waals surface area (Å²) < 4.78 is 1.65. The van der Waals surface area contributed by atoms with E-state index in [9.17, 15) is 14.7 Å². The topological polar surface area (TPSA) is 83.4 Å². The van der Waals surface area contributed by atoms with Gasteiger partial charge in [0, 0.05) is 36.1 Å². The third-order valence-corrected chi connectivity index (χ3v) is 6.36. The number of amides is 1. The maximum absolute atomic E-state index is 12.9. The largest absolute Gasteiger partial charge is 0.388 e. The fourth-order valence-corrected chi connectivity index (χ4v) is 4.35. The fraction of sp³-hybridized carbons (Fsp3) is 0.545. The first-order chi connectivity index (χ1) is 13.8. The van der Waals surface area contributed by atoms with Gasteiger partial charge in [-0.15, -0.1) is 0 Å². The lowest BCUT2D eigenvalue weighted by atomic mass is 9.79. The molecule has 29 heavy (non-hydrogen) atoms. The molecule has 0 radical (unpaired) electrons. The van der Waals surface area contributed by atoms with Crippen molar-refractivity contribution in [2.45, 2.75) is 51.2 Å². The predicted octanol–water partition coefficient (Wildman–Crippen LogP) is 3.11. The van der Waals surface area contributed by atoms with Crippen LogP contribution in [0, 0.1) is 5.92 Å². The molecule has 3 N–H and O–H groups in total. The molecular formula is C22H30ClN3O3. The van der Waals surface area contributed by atoms with Crippen molar-refractivity contribution in [3.63, 3.8) is 0 Å². The number of aliphatic hydroxyl groups is 1. The molecule has 1 amide bonds. The molecule has 0 bridgehead atoms. The lowest BCUT2D eigenvalue weighted by molar-refractivity contribution is -0.00538. The molecule has 1 fully saturated rings. The van der Waals surface area contributed by atoms with Gasteiger partial charge in [-0.05, 0) is 63.8 Å². The first-order valence-electron chi connectivity index (χ1n) is 10.2. The lowest BCUT2D eigenvalue weighted by Gasteiger charge is -2.35. The molecule has 1 aliphatic carbocycles. The van der Waals surface area contributed by atoms with Crippen LogP contribution in [-0.4, -0.2) is 41.3 Å². The van der Waals surface area contributed by atoms with E-state index < -0.39 is 5.60 Å². The van der Waals surface area contributed by atoms with Crippen LogP contribution >= 0.6 is 11.6 Å². The fourth-order valence-electron chi connectivity index (χ4n) is 4.10. The van der Waals surface area contributed by atoms with Crippen molar-refractivity contribution in [1.82, 2.24) is 15.2 Å². The number of likely N-dealkylation sites (N-methyl/N-ethyl adjacent to an activating group) is 1. The van der Waals surface area contributed by atoms with E-state index in [0.717, 1.165) is 12.8 Å². The Balaban J connectivity index is 1.88. The van der Waals surface area contributed by atoms with Gasteiger partial charge in [0.2, 0.25) is 0 Å². The smallest absolute Gasteiger partial charge is 0.258 e. The number of aromatic nitrogens is 1. The van der Waals surface area contributed by atoms with Crippen LogP contribution in [0.5, 0.6) is 0 Å². The minimum absolute atomic E-state index is 0.0206. The van der Waals surface area contributed by atoms with E-state index >= 15 is 0 Å². The van der Waals surface area contributed by atoms with Crippen LogP contribution in [0.2, 0.25) is 5.02 Å². The van der Waals surface area contributed by atoms with Gasteiger partial charge in [0.1, 0.15) is 0 Å². The van der Waals surface area contributed by atoms with Crippen molar-refractivity contribution in [3.05, 3.63) is 45.3 Å². The third kappa shape index (κ3) is 4.65. The zero-order chi connectivity index (χ0) is 21.2. The van der Waals surface area contributed by atoms with Crippen molar-refractivity contribution < 1.29 is 9.90 Å². The summed E-state index contributed by atoms with van der Waals surface area (Å²) in [4.78, 5) is 25.9. The Morgan fingerprint density at radius 1 is 1.31 bits per heavy atom. The minimum Gasteiger partial charge on any atom is -0.388 e. The highest BCUT2D eigenvalue weighted by molar-refractivity contribution is 6.35. The number of fused-ring (bicyclic) bond motifs is 1. The van der Waals surface area contributed by atoms with Crippen LogP contribution in [0.15, 0.2) is 29.2 Å². The molecule has 1 heterocycles. The minimum atomic E-state index is -0.880. The number of hydrogen-bond acceptors (Lipinski definition) is 4. The summed E-state index contributed by atoms with van der Waals surface area (Å²) in [6.07, 6.45) is 4.95. The normalized spacial score (nSPS) is 23.1. The van der Waals surface area contributed by atoms with Crippen molar-refractivity contribution in [2.24, 2.45) is 5.92 Å². The molecule has 1 aromatic carbocycles. The maximum atomic E-state index is 12.9. The number of hydrogen-bond donors (Lipinski definition) is 3. The van der Waals surface area contributed by atoms with Gasteiger partial charge in [-0.1, -0.05) is 18.5 Å². The molecule has 1 aliphatic rings. The monoisotopic (exact) mass is 419 g/mol. The van der Waals surface area contributed by atoms with Gasteiger partial charge >= 0.3 is 0 Å². The van der Waals surface area contributed by atoms with Gasteiger partial charge in [-0.2, -0.15) is 0 Å². The quantitative estimate of drug-likeness (QED) is 0.671. The Labute approximate surface area is 176 Å². The van der Waals surface area contributed by atoms with Crippen molar-refractivity contribution in [1.29, 1.82) is 0 Å². The number of halogens is 1. The first-order valence-corrected chi connectivity index (χ1v) is 10.6. The summed E-state index contributed by atoms with van der Waals surface area (Å²) in [5, 5.41) is 17.9. The van der Waals surface area contributed by atoms with Crippen molar-refractivity contribution >= 4 is 28.3 Å². The number of pyridine rings is 1. The van der Waals surface area contributed by atoms with E-state index in [1.54, 1.807) is 29.0 Å². The van der Waals surface area contributed by atoms with E-state index in [2.05, 4.69) is 17.6 Å². The van der Waals surface area contributed by atoms with Gasteiger partial charge in [0.05, 0.1) is 16.2 Å².